The standard InChI is InChI=1S/C12H24N2O2.ClH/c1-2-4-11(13)12(15)14-7-3-8-16-9-10-5-6-10;/h10-11H,2-9,13H2,1H3,(H,14,15);1H. The Morgan fingerprint density at radius 2 is 2.24 bits per heavy atom. The zero-order chi connectivity index (χ0) is 11.8. The maximum atomic E-state index is 11.4. The van der Waals surface area contributed by atoms with Gasteiger partial charge in [0.1, 0.15) is 0 Å². The molecule has 17 heavy (non-hydrogen) atoms. The van der Waals surface area contributed by atoms with E-state index in [1.807, 2.05) is 6.92 Å². The van der Waals surface area contributed by atoms with Gasteiger partial charge in [-0.1, -0.05) is 13.3 Å². The second-order valence-electron chi connectivity index (χ2n) is 4.56. The molecule has 4 nitrogen and oxygen atoms in total. The average molecular weight is 265 g/mol. The van der Waals surface area contributed by atoms with E-state index in [0.717, 1.165) is 38.4 Å². The van der Waals surface area contributed by atoms with Gasteiger partial charge in [0.15, 0.2) is 0 Å². The molecule has 1 saturated carbocycles. The monoisotopic (exact) mass is 264 g/mol. The summed E-state index contributed by atoms with van der Waals surface area (Å²) in [4.78, 5) is 11.4. The van der Waals surface area contributed by atoms with Crippen molar-refractivity contribution in [2.75, 3.05) is 19.8 Å². The fraction of sp³-hybridized carbons (Fsp3) is 0.917. The lowest BCUT2D eigenvalue weighted by molar-refractivity contribution is -0.122. The van der Waals surface area contributed by atoms with Gasteiger partial charge < -0.3 is 15.8 Å². The summed E-state index contributed by atoms with van der Waals surface area (Å²) in [7, 11) is 0. The smallest absolute Gasteiger partial charge is 0.236 e. The summed E-state index contributed by atoms with van der Waals surface area (Å²) in [5.41, 5.74) is 5.67. The SMILES string of the molecule is CCCC(N)C(=O)NCCCOCC1CC1.Cl. The summed E-state index contributed by atoms with van der Waals surface area (Å²) < 4.78 is 5.46. The summed E-state index contributed by atoms with van der Waals surface area (Å²) in [5.74, 6) is 0.775. The minimum atomic E-state index is -0.350. The first kappa shape index (κ1) is 16.7. The fourth-order valence-electron chi connectivity index (χ4n) is 1.49. The summed E-state index contributed by atoms with van der Waals surface area (Å²) in [6.07, 6.45) is 5.21. The van der Waals surface area contributed by atoms with Crippen molar-refractivity contribution < 1.29 is 9.53 Å². The van der Waals surface area contributed by atoms with Crippen LogP contribution in [0.1, 0.15) is 39.0 Å². The Hall–Kier alpha value is -0.320. The first-order valence-corrected chi connectivity index (χ1v) is 6.35. The van der Waals surface area contributed by atoms with Crippen molar-refractivity contribution in [3.63, 3.8) is 0 Å². The molecule has 1 aliphatic rings. The molecule has 1 unspecified atom stereocenters. The molecule has 5 heteroatoms. The molecule has 0 aromatic heterocycles. The Bertz CT molecular complexity index is 211. The first-order chi connectivity index (χ1) is 7.74. The van der Waals surface area contributed by atoms with Crippen molar-refractivity contribution in [2.45, 2.75) is 45.1 Å². The number of nitrogens with two attached hydrogens (primary N) is 1. The normalized spacial score (nSPS) is 16.1. The van der Waals surface area contributed by atoms with E-state index in [-0.39, 0.29) is 24.4 Å². The highest BCUT2D eigenvalue weighted by molar-refractivity contribution is 5.85. The van der Waals surface area contributed by atoms with Crippen LogP contribution in [-0.4, -0.2) is 31.7 Å². The molecule has 0 heterocycles. The number of rotatable bonds is 9. The van der Waals surface area contributed by atoms with E-state index < -0.39 is 0 Å². The molecule has 1 rings (SSSR count). The second-order valence-corrected chi connectivity index (χ2v) is 4.56. The highest BCUT2D eigenvalue weighted by atomic mass is 35.5. The Balaban J connectivity index is 0.00000256. The molecule has 0 bridgehead atoms. The third-order valence-corrected chi connectivity index (χ3v) is 2.75. The Kier molecular flexibility index (Phi) is 9.50. The van der Waals surface area contributed by atoms with Crippen LogP contribution >= 0.6 is 12.4 Å². The van der Waals surface area contributed by atoms with Gasteiger partial charge in [0.05, 0.1) is 6.04 Å². The van der Waals surface area contributed by atoms with Crippen LogP contribution in [0.5, 0.6) is 0 Å². The minimum Gasteiger partial charge on any atom is -0.381 e. The number of hydrogen-bond acceptors (Lipinski definition) is 3. The molecule has 0 aliphatic heterocycles. The highest BCUT2D eigenvalue weighted by Crippen LogP contribution is 2.28. The van der Waals surface area contributed by atoms with E-state index >= 15 is 0 Å². The molecule has 3 N–H and O–H groups in total. The maximum Gasteiger partial charge on any atom is 0.236 e. The Labute approximate surface area is 110 Å². The predicted octanol–water partition coefficient (Wildman–Crippen LogP) is 1.47. The van der Waals surface area contributed by atoms with E-state index in [4.69, 9.17) is 10.5 Å². The Morgan fingerprint density at radius 3 is 2.82 bits per heavy atom. The topological polar surface area (TPSA) is 64.4 Å². The van der Waals surface area contributed by atoms with Gasteiger partial charge in [0.25, 0.3) is 0 Å². The molecule has 1 amide bonds. The minimum absolute atomic E-state index is 0. The molecule has 0 saturated heterocycles. The summed E-state index contributed by atoms with van der Waals surface area (Å²) in [5, 5.41) is 2.83. The average Bonchev–Trinajstić information content (AvgIpc) is 3.07. The summed E-state index contributed by atoms with van der Waals surface area (Å²) in [6.45, 7) is 4.32. The van der Waals surface area contributed by atoms with Crippen molar-refractivity contribution in [1.29, 1.82) is 0 Å². The number of carbonyl (C=O) groups excluding carboxylic acids is 1. The number of hydrogen-bond donors (Lipinski definition) is 2. The summed E-state index contributed by atoms with van der Waals surface area (Å²) in [6, 6.07) is -0.350. The third kappa shape index (κ3) is 8.41. The third-order valence-electron chi connectivity index (χ3n) is 2.75. The van der Waals surface area contributed by atoms with E-state index in [1.165, 1.54) is 12.8 Å². The van der Waals surface area contributed by atoms with Gasteiger partial charge in [0.2, 0.25) is 5.91 Å². The van der Waals surface area contributed by atoms with E-state index in [0.29, 0.717) is 6.54 Å². The largest absolute Gasteiger partial charge is 0.381 e. The lowest BCUT2D eigenvalue weighted by Crippen LogP contribution is -2.40. The quantitative estimate of drug-likeness (QED) is 0.620. The molecule has 1 aliphatic carbocycles. The van der Waals surface area contributed by atoms with Gasteiger partial charge in [-0.15, -0.1) is 12.4 Å². The predicted molar refractivity (Wildman–Crippen MR) is 71.3 cm³/mol. The second kappa shape index (κ2) is 9.68. The van der Waals surface area contributed by atoms with Crippen molar-refractivity contribution in [3.8, 4) is 0 Å². The van der Waals surface area contributed by atoms with Gasteiger partial charge in [0, 0.05) is 19.8 Å². The number of carbonyl (C=O) groups is 1. The van der Waals surface area contributed by atoms with Crippen LogP contribution in [0.3, 0.4) is 0 Å². The molecule has 102 valence electrons. The molecule has 0 spiro atoms. The van der Waals surface area contributed by atoms with Gasteiger partial charge in [-0.05, 0) is 31.6 Å². The van der Waals surface area contributed by atoms with Crippen molar-refractivity contribution >= 4 is 18.3 Å². The van der Waals surface area contributed by atoms with Crippen molar-refractivity contribution in [1.82, 2.24) is 5.32 Å². The number of halogens is 1. The summed E-state index contributed by atoms with van der Waals surface area (Å²) >= 11 is 0. The molecule has 1 fully saturated rings. The van der Waals surface area contributed by atoms with E-state index in [1.54, 1.807) is 0 Å². The van der Waals surface area contributed by atoms with Gasteiger partial charge >= 0.3 is 0 Å². The van der Waals surface area contributed by atoms with Crippen LogP contribution in [0, 0.1) is 5.92 Å². The maximum absolute atomic E-state index is 11.4. The molecule has 0 aromatic rings. The van der Waals surface area contributed by atoms with Gasteiger partial charge in [-0.25, -0.2) is 0 Å². The van der Waals surface area contributed by atoms with Crippen LogP contribution in [0.25, 0.3) is 0 Å². The van der Waals surface area contributed by atoms with Crippen LogP contribution in [0.2, 0.25) is 0 Å². The van der Waals surface area contributed by atoms with Crippen LogP contribution in [0.4, 0.5) is 0 Å². The molecule has 0 radical (unpaired) electrons. The fourth-order valence-corrected chi connectivity index (χ4v) is 1.49. The van der Waals surface area contributed by atoms with E-state index in [2.05, 4.69) is 5.32 Å². The van der Waals surface area contributed by atoms with Crippen molar-refractivity contribution in [3.05, 3.63) is 0 Å². The number of amides is 1. The first-order valence-electron chi connectivity index (χ1n) is 6.35. The van der Waals surface area contributed by atoms with Crippen LogP contribution in [0.15, 0.2) is 0 Å². The molecular formula is C12H25ClN2O2. The van der Waals surface area contributed by atoms with Gasteiger partial charge in [-0.3, -0.25) is 4.79 Å². The number of ether oxygens (including phenoxy) is 1. The lowest BCUT2D eigenvalue weighted by Gasteiger charge is -2.11. The number of nitrogens with one attached hydrogen (secondary N) is 1. The van der Waals surface area contributed by atoms with Crippen molar-refractivity contribution in [2.24, 2.45) is 11.7 Å². The zero-order valence-corrected chi connectivity index (χ0v) is 11.4. The molecule has 1 atom stereocenters. The highest BCUT2D eigenvalue weighted by Gasteiger charge is 2.20. The Morgan fingerprint density at radius 1 is 1.53 bits per heavy atom. The van der Waals surface area contributed by atoms with Gasteiger partial charge in [-0.2, -0.15) is 0 Å². The molecule has 0 aromatic carbocycles. The van der Waals surface area contributed by atoms with Crippen LogP contribution < -0.4 is 11.1 Å². The molecular weight excluding hydrogens is 240 g/mol. The lowest BCUT2D eigenvalue weighted by atomic mass is 10.2. The van der Waals surface area contributed by atoms with Crippen LogP contribution in [-0.2, 0) is 9.53 Å². The van der Waals surface area contributed by atoms with E-state index in [9.17, 15) is 4.79 Å². The zero-order valence-electron chi connectivity index (χ0n) is 10.6.